The Bertz CT molecular complexity index is 2080. The Morgan fingerprint density at radius 3 is 1.50 bits per heavy atom. The van der Waals surface area contributed by atoms with Gasteiger partial charge in [-0.1, -0.05) is 48.5 Å². The molecule has 1 aliphatic heterocycles. The molecule has 1 fully saturated rings. The molecule has 4 aromatic rings. The summed E-state index contributed by atoms with van der Waals surface area (Å²) in [5.74, 6) is -0.798. The lowest BCUT2D eigenvalue weighted by Crippen LogP contribution is -2.41. The van der Waals surface area contributed by atoms with E-state index in [1.165, 1.54) is 22.7 Å². The average molecular weight is 960 g/mol. The van der Waals surface area contributed by atoms with Gasteiger partial charge in [0.05, 0.1) is 52.4 Å². The Balaban J connectivity index is 0.000000267. The highest BCUT2D eigenvalue weighted by Gasteiger charge is 2.51. The van der Waals surface area contributed by atoms with E-state index in [1.54, 1.807) is 24.9 Å². The summed E-state index contributed by atoms with van der Waals surface area (Å²) in [4.78, 5) is 55.5. The first-order valence-corrected chi connectivity index (χ1v) is 22.7. The Morgan fingerprint density at radius 2 is 1.10 bits per heavy atom. The van der Waals surface area contributed by atoms with Crippen molar-refractivity contribution in [1.82, 2.24) is 20.6 Å². The van der Waals surface area contributed by atoms with E-state index >= 15 is 0 Å². The lowest BCUT2D eigenvalue weighted by Gasteiger charge is -2.32. The molecule has 14 nitrogen and oxygen atoms in total. The van der Waals surface area contributed by atoms with Crippen LogP contribution in [0.1, 0.15) is 141 Å². The van der Waals surface area contributed by atoms with E-state index in [4.69, 9.17) is 28.3 Å². The van der Waals surface area contributed by atoms with E-state index in [9.17, 15) is 19.2 Å². The van der Waals surface area contributed by atoms with Gasteiger partial charge in [0.1, 0.15) is 15.0 Å². The predicted octanol–water partition coefficient (Wildman–Crippen LogP) is 10.2. The zero-order valence-electron chi connectivity index (χ0n) is 38.1. The molecule has 5 rings (SSSR count). The largest absolute Gasteiger partial charge is 0.494 e. The minimum absolute atomic E-state index is 0.151. The summed E-state index contributed by atoms with van der Waals surface area (Å²) in [6.07, 6.45) is -0.879. The number of alkyl carbamates (subject to hydrolysis) is 2. The summed E-state index contributed by atoms with van der Waals surface area (Å²) in [6.45, 7) is 27.2. The van der Waals surface area contributed by atoms with E-state index in [0.29, 0.717) is 24.6 Å². The zero-order chi connectivity index (χ0) is 46.6. The first kappa shape index (κ1) is 52.0. The molecule has 0 spiro atoms. The number of carbonyl (C=O) groups is 4. The minimum atomic E-state index is -0.538. The number of rotatable bonds is 10. The van der Waals surface area contributed by atoms with E-state index in [-0.39, 0.29) is 36.4 Å². The van der Waals surface area contributed by atoms with Crippen molar-refractivity contribution < 1.29 is 47.4 Å². The lowest BCUT2D eigenvalue weighted by molar-refractivity contribution is 0.00578. The van der Waals surface area contributed by atoms with Crippen LogP contribution in [0.4, 0.5) is 9.59 Å². The molecule has 2 aromatic carbocycles. The number of nitrogens with zero attached hydrogens (tertiary/aromatic N) is 2. The molecule has 62 heavy (non-hydrogen) atoms. The van der Waals surface area contributed by atoms with E-state index in [0.717, 1.165) is 30.8 Å². The normalized spacial score (nSPS) is 15.0. The number of esters is 2. The van der Waals surface area contributed by atoms with Gasteiger partial charge in [0.25, 0.3) is 0 Å². The monoisotopic (exact) mass is 958 g/mol. The van der Waals surface area contributed by atoms with Crippen molar-refractivity contribution in [3.05, 3.63) is 85.9 Å². The van der Waals surface area contributed by atoms with Gasteiger partial charge in [0.2, 0.25) is 0 Å². The van der Waals surface area contributed by atoms with Crippen LogP contribution in [-0.4, -0.2) is 76.8 Å². The predicted molar refractivity (Wildman–Crippen MR) is 247 cm³/mol. The number of hydrogen-bond acceptors (Lipinski definition) is 14. The maximum Gasteiger partial charge on any atom is 0.494 e. The van der Waals surface area contributed by atoms with Gasteiger partial charge in [-0.05, 0) is 135 Å². The number of amides is 2. The second-order valence-corrected chi connectivity index (χ2v) is 20.1. The van der Waals surface area contributed by atoms with Gasteiger partial charge < -0.3 is 38.9 Å². The molecule has 2 aromatic heterocycles. The smallest absolute Gasteiger partial charge is 0.461 e. The average Bonchev–Trinajstić information content (AvgIpc) is 3.88. The number of halogens is 1. The van der Waals surface area contributed by atoms with Crippen LogP contribution in [0.3, 0.4) is 0 Å². The van der Waals surface area contributed by atoms with Crippen molar-refractivity contribution in [1.29, 1.82) is 0 Å². The maximum absolute atomic E-state index is 12.0. The zero-order valence-corrected chi connectivity index (χ0v) is 41.3. The van der Waals surface area contributed by atoms with Crippen LogP contribution >= 0.6 is 38.6 Å². The van der Waals surface area contributed by atoms with Gasteiger partial charge in [-0.25, -0.2) is 29.1 Å². The molecule has 0 saturated carbocycles. The molecule has 338 valence electrons. The third kappa shape index (κ3) is 15.8. The highest BCUT2D eigenvalue weighted by atomic mass is 79.9. The van der Waals surface area contributed by atoms with Gasteiger partial charge in [-0.3, -0.25) is 0 Å². The van der Waals surface area contributed by atoms with E-state index in [2.05, 4.69) is 36.5 Å². The van der Waals surface area contributed by atoms with Gasteiger partial charge in [0.15, 0.2) is 11.4 Å². The topological polar surface area (TPSA) is 173 Å². The molecule has 0 unspecified atom stereocenters. The molecule has 1 saturated heterocycles. The molecule has 2 atom stereocenters. The Labute approximate surface area is 382 Å². The Morgan fingerprint density at radius 1 is 0.694 bits per heavy atom. The maximum atomic E-state index is 12.0. The SMILES string of the molecule is CCOC(=O)c1ncsc1-c1ccc([C@H](C)NC(=O)OC(C)(C)C)cc1.CCOC(=O)c1ncsc1Br.C[C@H](NC(=O)OC(C)(C)C)c1ccc(B2OC(C)(C)C(C)(C)O2)cc1. The molecule has 2 amide bonds. The number of hydrogen-bond donors (Lipinski definition) is 2. The molecular formula is C44H60BBrN4O10S2. The van der Waals surface area contributed by atoms with Crippen LogP contribution in [0.25, 0.3) is 10.4 Å². The lowest BCUT2D eigenvalue weighted by atomic mass is 9.78. The first-order chi connectivity index (χ1) is 28.8. The van der Waals surface area contributed by atoms with Crippen molar-refractivity contribution in [3.63, 3.8) is 0 Å². The third-order valence-electron chi connectivity index (χ3n) is 9.13. The summed E-state index contributed by atoms with van der Waals surface area (Å²) >= 11 is 5.94. The number of benzene rings is 2. The molecule has 1 aliphatic rings. The number of ether oxygens (including phenoxy) is 4. The highest BCUT2D eigenvalue weighted by molar-refractivity contribution is 9.11. The van der Waals surface area contributed by atoms with Crippen molar-refractivity contribution in [3.8, 4) is 10.4 Å². The fourth-order valence-electron chi connectivity index (χ4n) is 5.34. The Hall–Kier alpha value is -4.36. The van der Waals surface area contributed by atoms with Crippen molar-refractivity contribution in [2.45, 2.75) is 131 Å². The number of carbonyl (C=O) groups excluding carboxylic acids is 4. The molecular weight excluding hydrogens is 899 g/mol. The number of thiazole rings is 2. The van der Waals surface area contributed by atoms with Crippen LogP contribution in [0.5, 0.6) is 0 Å². The second-order valence-electron chi connectivity index (χ2n) is 17.1. The van der Waals surface area contributed by atoms with Gasteiger partial charge in [-0.2, -0.15) is 0 Å². The van der Waals surface area contributed by atoms with Crippen LogP contribution in [0.2, 0.25) is 0 Å². The molecule has 0 aliphatic carbocycles. The summed E-state index contributed by atoms with van der Waals surface area (Å²) < 4.78 is 33.2. The van der Waals surface area contributed by atoms with Gasteiger partial charge in [-0.15, -0.1) is 22.7 Å². The molecule has 3 heterocycles. The van der Waals surface area contributed by atoms with Crippen LogP contribution in [-0.2, 0) is 28.3 Å². The minimum Gasteiger partial charge on any atom is -0.461 e. The molecule has 0 radical (unpaired) electrons. The summed E-state index contributed by atoms with van der Waals surface area (Å²) in [5, 5.41) is 5.65. The fraction of sp³-hybridized carbons (Fsp3) is 0.500. The fourth-order valence-corrected chi connectivity index (χ4v) is 7.14. The van der Waals surface area contributed by atoms with Crippen molar-refractivity contribution in [2.75, 3.05) is 13.2 Å². The number of aromatic nitrogens is 2. The van der Waals surface area contributed by atoms with Crippen molar-refractivity contribution >= 4 is 75.3 Å². The van der Waals surface area contributed by atoms with Crippen LogP contribution in [0, 0.1) is 0 Å². The number of nitrogens with one attached hydrogen (secondary N) is 2. The quantitative estimate of drug-likeness (QED) is 0.0876. The summed E-state index contributed by atoms with van der Waals surface area (Å²) in [5.41, 5.74) is 5.90. The van der Waals surface area contributed by atoms with Crippen LogP contribution in [0.15, 0.2) is 63.3 Å². The van der Waals surface area contributed by atoms with Crippen LogP contribution < -0.4 is 16.1 Å². The third-order valence-corrected chi connectivity index (χ3v) is 11.6. The van der Waals surface area contributed by atoms with Crippen molar-refractivity contribution in [2.24, 2.45) is 0 Å². The standard InChI is InChI=1S/C19H30BNO4.C19H24N2O4S.C6H6BrNO2S/c1-13(21-16(22)23-17(2,3)4)14-9-11-15(12-10-14)20-24-18(5,6)19(7,8)25-20;1-6-24-17(22)15-16(26-11-20-15)14-9-7-13(8-10-14)12(2)21-18(23)25-19(3,4)5;1-2-10-6(9)4-5(7)11-3-8-4/h9-13H,1-8H3,(H,21,22);7-12H,6H2,1-5H3,(H,21,23);3H,2H2,1H3/t13-;12-;/m00./s1. The second kappa shape index (κ2) is 22.3. The first-order valence-electron chi connectivity index (χ1n) is 20.2. The van der Waals surface area contributed by atoms with E-state index < -0.39 is 29.4 Å². The summed E-state index contributed by atoms with van der Waals surface area (Å²) in [7, 11) is -0.381. The van der Waals surface area contributed by atoms with E-state index in [1.807, 2.05) is 132 Å². The Kier molecular flexibility index (Phi) is 18.7. The molecule has 0 bridgehead atoms. The van der Waals surface area contributed by atoms with Gasteiger partial charge in [0, 0.05) is 0 Å². The summed E-state index contributed by atoms with van der Waals surface area (Å²) in [6, 6.07) is 15.2. The molecule has 2 N–H and O–H groups in total. The van der Waals surface area contributed by atoms with Gasteiger partial charge >= 0.3 is 31.2 Å². The highest BCUT2D eigenvalue weighted by Crippen LogP contribution is 2.36. The molecule has 18 heteroatoms.